The van der Waals surface area contributed by atoms with Gasteiger partial charge in [-0.3, -0.25) is 0 Å². The normalized spacial score (nSPS) is 11.6. The molecule has 0 unspecified atom stereocenters. The molecule has 2 N–H and O–H groups in total. The first kappa shape index (κ1) is 58.1. The number of nitrogens with zero attached hydrogens (tertiary/aromatic N) is 2. The molecule has 1 aliphatic rings. The van der Waals surface area contributed by atoms with Gasteiger partial charge in [0, 0.05) is 30.9 Å². The molecule has 4 nitrogen and oxygen atoms in total. The molecule has 0 atom stereocenters. The quantitative estimate of drug-likeness (QED) is 0.132. The molecular formula is C35H59Cl2N2O2Rh2-4. The number of aliphatic hydroxyl groups is 2. The monoisotopic (exact) mass is 815 g/mol. The molecular weight excluding hydrogens is 757 g/mol. The van der Waals surface area contributed by atoms with E-state index in [9.17, 15) is 0 Å². The van der Waals surface area contributed by atoms with Gasteiger partial charge in [0.25, 0.3) is 0 Å². The van der Waals surface area contributed by atoms with E-state index in [4.69, 9.17) is 33.4 Å². The van der Waals surface area contributed by atoms with Gasteiger partial charge < -0.3 is 64.6 Å². The second-order valence-electron chi connectivity index (χ2n) is 10.3. The van der Waals surface area contributed by atoms with Crippen LogP contribution in [0.5, 0.6) is 0 Å². The van der Waals surface area contributed by atoms with Crippen molar-refractivity contribution in [1.82, 2.24) is 0 Å². The van der Waals surface area contributed by atoms with Gasteiger partial charge in [0.05, 0.1) is 0 Å². The summed E-state index contributed by atoms with van der Waals surface area (Å²) in [5, 5.41) is 16.3. The van der Waals surface area contributed by atoms with Crippen molar-refractivity contribution in [3.8, 4) is 0 Å². The molecule has 43 heavy (non-hydrogen) atoms. The maximum Gasteiger partial charge on any atom is 3.00 e. The maximum atomic E-state index is 7.61. The average molecular weight is 817 g/mol. The van der Waals surface area contributed by atoms with Crippen LogP contribution in [-0.4, -0.2) is 16.5 Å². The molecule has 1 radical (unpaired) electrons. The van der Waals surface area contributed by atoms with Gasteiger partial charge in [-0.15, -0.1) is 6.67 Å². The molecule has 257 valence electrons. The van der Waals surface area contributed by atoms with Gasteiger partial charge in [-0.2, -0.15) is 0 Å². The summed E-state index contributed by atoms with van der Waals surface area (Å²) in [4.78, 5) is 4.16. The zero-order chi connectivity index (χ0) is 26.6. The van der Waals surface area contributed by atoms with Gasteiger partial charge in [0.1, 0.15) is 16.6 Å². The van der Waals surface area contributed by atoms with Crippen molar-refractivity contribution in [2.24, 2.45) is 0 Å². The molecule has 0 saturated heterocycles. The zero-order valence-electron chi connectivity index (χ0n) is 29.1. The summed E-state index contributed by atoms with van der Waals surface area (Å²) in [7, 11) is 0. The SMILES string of the molecule is CC(C)c1cccc(C(C)C)c1N1[CH-]N(c2c(C(C)C)cccc2C(C)C)C(Cl)=C1Cl.CC(O)O.[CH3-].[CH3-].[CH3-].[CH3-].[CH3-].[CH3-].[Rh+3].[Rh]. The zero-order valence-corrected chi connectivity index (χ0v) is 33.9. The van der Waals surface area contributed by atoms with E-state index in [2.05, 4.69) is 108 Å². The fourth-order valence-electron chi connectivity index (χ4n) is 4.31. The van der Waals surface area contributed by atoms with Gasteiger partial charge in [0.2, 0.25) is 0 Å². The van der Waals surface area contributed by atoms with Crippen LogP contribution in [0.25, 0.3) is 0 Å². The Labute approximate surface area is 304 Å². The van der Waals surface area contributed by atoms with E-state index in [-0.39, 0.29) is 83.5 Å². The van der Waals surface area contributed by atoms with Crippen molar-refractivity contribution in [2.75, 3.05) is 9.80 Å². The predicted molar refractivity (Wildman–Crippen MR) is 190 cm³/mol. The van der Waals surface area contributed by atoms with Gasteiger partial charge in [-0.25, -0.2) is 0 Å². The minimum atomic E-state index is -1.17. The van der Waals surface area contributed by atoms with E-state index >= 15 is 0 Å². The second-order valence-corrected chi connectivity index (χ2v) is 11.0. The Hall–Kier alpha value is -0.473. The van der Waals surface area contributed by atoms with E-state index in [1.165, 1.54) is 29.2 Å². The molecule has 0 aliphatic carbocycles. The number of rotatable bonds is 6. The van der Waals surface area contributed by atoms with E-state index in [0.717, 1.165) is 11.4 Å². The number of halogens is 2. The first-order chi connectivity index (χ1) is 16.3. The van der Waals surface area contributed by atoms with Crippen molar-refractivity contribution in [2.45, 2.75) is 92.3 Å². The van der Waals surface area contributed by atoms with E-state index < -0.39 is 6.29 Å². The van der Waals surface area contributed by atoms with Crippen LogP contribution in [-0.2, 0) is 39.0 Å². The van der Waals surface area contributed by atoms with Gasteiger partial charge in [-0.05, 0) is 52.8 Å². The number of anilines is 2. The molecule has 0 amide bonds. The number of benzene rings is 2. The van der Waals surface area contributed by atoms with Gasteiger partial charge >= 0.3 is 19.5 Å². The number of hydrogen-bond acceptors (Lipinski definition) is 4. The maximum absolute atomic E-state index is 7.61. The van der Waals surface area contributed by atoms with Gasteiger partial charge in [0.15, 0.2) is 0 Å². The molecule has 0 aromatic heterocycles. The minimum Gasteiger partial charge on any atom is -0.463 e. The minimum absolute atomic E-state index is 0. The average Bonchev–Trinajstić information content (AvgIpc) is 3.06. The Morgan fingerprint density at radius 1 is 0.535 bits per heavy atom. The first-order valence-corrected chi connectivity index (χ1v) is 13.2. The van der Waals surface area contributed by atoms with Crippen LogP contribution in [0.4, 0.5) is 11.4 Å². The summed E-state index contributed by atoms with van der Waals surface area (Å²) in [6.45, 7) is 21.1. The molecule has 0 bridgehead atoms. The van der Waals surface area contributed by atoms with Crippen molar-refractivity contribution in [1.29, 1.82) is 0 Å². The topological polar surface area (TPSA) is 46.9 Å². The number of para-hydroxylation sites is 2. The second kappa shape index (κ2) is 25.7. The molecule has 1 aliphatic heterocycles. The van der Waals surface area contributed by atoms with Crippen LogP contribution in [0.2, 0.25) is 0 Å². The summed E-state index contributed by atoms with van der Waals surface area (Å²) >= 11 is 13.9. The van der Waals surface area contributed by atoms with Crippen LogP contribution >= 0.6 is 23.2 Å². The fourth-order valence-corrected chi connectivity index (χ4v) is 4.75. The summed E-state index contributed by atoms with van der Waals surface area (Å²) < 4.78 is 0. The number of hydrogen-bond donors (Lipinski definition) is 2. The van der Waals surface area contributed by atoms with Crippen LogP contribution in [0.1, 0.15) is 108 Å². The molecule has 1 heterocycles. The molecule has 0 saturated carbocycles. The third-order valence-electron chi connectivity index (χ3n) is 5.99. The summed E-state index contributed by atoms with van der Waals surface area (Å²) in [5.41, 5.74) is 7.38. The van der Waals surface area contributed by atoms with Crippen LogP contribution < -0.4 is 9.80 Å². The van der Waals surface area contributed by atoms with Gasteiger partial charge in [-0.1, -0.05) is 115 Å². The Morgan fingerprint density at radius 2 is 0.721 bits per heavy atom. The molecule has 8 heteroatoms. The fraction of sp³-hybridized carbons (Fsp3) is 0.400. The Balaban J connectivity index is -0.000000204. The van der Waals surface area contributed by atoms with Crippen molar-refractivity contribution < 1.29 is 49.2 Å². The first-order valence-electron chi connectivity index (χ1n) is 12.4. The summed E-state index contributed by atoms with van der Waals surface area (Å²) in [5.74, 6) is 1.48. The predicted octanol–water partition coefficient (Wildman–Crippen LogP) is 11.2. The van der Waals surface area contributed by atoms with Crippen LogP contribution in [0, 0.1) is 51.2 Å². The Kier molecular flexibility index (Phi) is 34.7. The molecule has 2 aromatic carbocycles. The Morgan fingerprint density at radius 3 is 0.884 bits per heavy atom. The molecule has 2 aromatic rings. The van der Waals surface area contributed by atoms with Crippen molar-refractivity contribution in [3.63, 3.8) is 0 Å². The van der Waals surface area contributed by atoms with Crippen molar-refractivity contribution in [3.05, 3.63) is 120 Å². The molecule has 0 fully saturated rings. The van der Waals surface area contributed by atoms with E-state index in [1.807, 2.05) is 0 Å². The number of aliphatic hydroxyl groups excluding tert-OH is 1. The van der Waals surface area contributed by atoms with E-state index in [0.29, 0.717) is 34.0 Å². The van der Waals surface area contributed by atoms with Crippen molar-refractivity contribution >= 4 is 34.6 Å². The summed E-state index contributed by atoms with van der Waals surface area (Å²) in [6, 6.07) is 13.1. The smallest absolute Gasteiger partial charge is 0.463 e. The Bertz CT molecular complexity index is 910. The largest absolute Gasteiger partial charge is 3.00 e. The summed E-state index contributed by atoms with van der Waals surface area (Å²) in [6.07, 6.45) is -1.17. The third-order valence-corrected chi connectivity index (χ3v) is 6.81. The molecule has 0 spiro atoms. The van der Waals surface area contributed by atoms with Crippen LogP contribution in [0.15, 0.2) is 46.7 Å². The molecule has 3 rings (SSSR count). The van der Waals surface area contributed by atoms with E-state index in [1.54, 1.807) is 0 Å². The third kappa shape index (κ3) is 14.2. The van der Waals surface area contributed by atoms with Crippen LogP contribution in [0.3, 0.4) is 0 Å². The standard InChI is InChI=1S/C27H35Cl2N2.C2H6O2.6CH3.2Rh/c1-16(2)20-11-9-12-21(17(3)4)24(20)30-15-31(27(29)26(30)28)25-22(18(5)6)13-10-14-23(25)19(7)8;1-2(3)4;;;;;;;;/h9-19H,1-8H3;2-4H,1H3;6*1H3;;/q-1;;6*-1;;+3.